The van der Waals surface area contributed by atoms with E-state index in [1.54, 1.807) is 91.0 Å². The largest absolute Gasteiger partial charge is 0.384 e. The molecule has 0 bridgehead atoms. The highest BCUT2D eigenvalue weighted by Crippen LogP contribution is 2.32. The zero-order valence-corrected chi connectivity index (χ0v) is 32.8. The van der Waals surface area contributed by atoms with Crippen LogP contribution >= 0.6 is 11.6 Å². The van der Waals surface area contributed by atoms with Gasteiger partial charge in [-0.05, 0) is 92.1 Å². The van der Waals surface area contributed by atoms with Gasteiger partial charge in [-0.3, -0.25) is 39.0 Å². The lowest BCUT2D eigenvalue weighted by Gasteiger charge is -2.27. The molecule has 15 nitrogen and oxygen atoms in total. The standard InChI is InChI=1S/C43H39ClFN9O6/c44-30-9-3-4-10-32(30)51-39(57)26-14-16-27(17-15-26)49-37-31(45)24-48-43(53-37)50-28-18-12-25(13-19-28)38(56)47-23-6-2-1-5-22-46-33-11-7-8-29-36(33)42(60)54(41(29)59)34-20-21-35(55)52-40(34)58/h3-4,7-19,24,34,46H,1-2,5-6,20-23H2,(H,47,56)(H,51,57)(H,52,55,58)(H2,48,49,50,53). The predicted molar refractivity (Wildman–Crippen MR) is 223 cm³/mol. The van der Waals surface area contributed by atoms with E-state index >= 15 is 0 Å². The summed E-state index contributed by atoms with van der Waals surface area (Å²) in [5, 5.41) is 17.4. The highest BCUT2D eigenvalue weighted by molar-refractivity contribution is 6.34. The maximum Gasteiger partial charge on any atom is 0.264 e. The van der Waals surface area contributed by atoms with Gasteiger partial charge in [0.2, 0.25) is 17.8 Å². The second kappa shape index (κ2) is 18.6. The van der Waals surface area contributed by atoms with Crippen LogP contribution in [-0.2, 0) is 9.59 Å². The van der Waals surface area contributed by atoms with E-state index in [4.69, 9.17) is 11.6 Å². The number of nitrogens with zero attached hydrogens (tertiary/aromatic N) is 3. The molecule has 17 heteroatoms. The fourth-order valence-corrected chi connectivity index (χ4v) is 6.92. The van der Waals surface area contributed by atoms with Gasteiger partial charge in [-0.15, -0.1) is 0 Å². The van der Waals surface area contributed by atoms with E-state index < -0.39 is 35.5 Å². The van der Waals surface area contributed by atoms with E-state index in [-0.39, 0.29) is 47.5 Å². The maximum absolute atomic E-state index is 14.7. The molecular weight excluding hydrogens is 793 g/mol. The second-order valence-corrected chi connectivity index (χ2v) is 14.4. The van der Waals surface area contributed by atoms with Gasteiger partial charge >= 0.3 is 0 Å². The fourth-order valence-electron chi connectivity index (χ4n) is 6.74. The number of rotatable bonds is 16. The summed E-state index contributed by atoms with van der Waals surface area (Å²) in [7, 11) is 0. The number of piperidine rings is 1. The predicted octanol–water partition coefficient (Wildman–Crippen LogP) is 6.81. The number of para-hydroxylation sites is 1. The Morgan fingerprint density at radius 1 is 0.767 bits per heavy atom. The van der Waals surface area contributed by atoms with E-state index in [1.807, 2.05) is 0 Å². The second-order valence-electron chi connectivity index (χ2n) is 14.0. The summed E-state index contributed by atoms with van der Waals surface area (Å²) in [6.45, 7) is 1.02. The summed E-state index contributed by atoms with van der Waals surface area (Å²) in [6.07, 6.45) is 4.40. The number of hydrogen-bond acceptors (Lipinski definition) is 11. The average molecular weight is 832 g/mol. The van der Waals surface area contributed by atoms with Crippen molar-refractivity contribution in [1.29, 1.82) is 0 Å². The zero-order chi connectivity index (χ0) is 42.2. The molecule has 2 aliphatic heterocycles. The van der Waals surface area contributed by atoms with Crippen molar-refractivity contribution in [3.05, 3.63) is 130 Å². The fraction of sp³-hybridized carbons (Fsp3) is 0.209. The molecule has 6 N–H and O–H groups in total. The van der Waals surface area contributed by atoms with Crippen molar-refractivity contribution in [3.8, 4) is 0 Å². The van der Waals surface area contributed by atoms with Crippen molar-refractivity contribution < 1.29 is 33.2 Å². The molecule has 3 heterocycles. The van der Waals surface area contributed by atoms with E-state index in [9.17, 15) is 33.2 Å². The summed E-state index contributed by atoms with van der Waals surface area (Å²) in [6, 6.07) is 23.9. The van der Waals surface area contributed by atoms with E-state index in [1.165, 1.54) is 0 Å². The molecule has 0 aliphatic carbocycles. The van der Waals surface area contributed by atoms with E-state index in [2.05, 4.69) is 41.9 Å². The Hall–Kier alpha value is -7.20. The number of carbonyl (C=O) groups is 6. The van der Waals surface area contributed by atoms with Crippen LogP contribution in [0.5, 0.6) is 0 Å². The molecule has 60 heavy (non-hydrogen) atoms. The van der Waals surface area contributed by atoms with Crippen molar-refractivity contribution in [2.24, 2.45) is 0 Å². The molecule has 0 radical (unpaired) electrons. The molecule has 1 unspecified atom stereocenters. The first-order valence-corrected chi connectivity index (χ1v) is 19.6. The van der Waals surface area contributed by atoms with Crippen LogP contribution in [-0.4, -0.2) is 69.4 Å². The van der Waals surface area contributed by atoms with Gasteiger partial charge in [0.15, 0.2) is 11.6 Å². The first kappa shape index (κ1) is 41.0. The lowest BCUT2D eigenvalue weighted by atomic mass is 10.0. The average Bonchev–Trinajstić information content (AvgIpc) is 3.50. The van der Waals surface area contributed by atoms with Crippen LogP contribution in [0.4, 0.5) is 38.9 Å². The number of amides is 6. The molecule has 1 aromatic heterocycles. The molecule has 5 aromatic rings. The molecule has 1 atom stereocenters. The van der Waals surface area contributed by atoms with Crippen LogP contribution in [0.2, 0.25) is 5.02 Å². The molecule has 1 fully saturated rings. The topological polar surface area (TPSA) is 204 Å². The number of aromatic nitrogens is 2. The van der Waals surface area contributed by atoms with Crippen LogP contribution in [0.15, 0.2) is 97.2 Å². The van der Waals surface area contributed by atoms with E-state index in [0.29, 0.717) is 52.0 Å². The van der Waals surface area contributed by atoms with Gasteiger partial charge < -0.3 is 26.6 Å². The monoisotopic (exact) mass is 831 g/mol. The molecule has 6 amide bonds. The quantitative estimate of drug-likeness (QED) is 0.0450. The minimum Gasteiger partial charge on any atom is -0.384 e. The number of fused-ring (bicyclic) bond motifs is 1. The lowest BCUT2D eigenvalue weighted by molar-refractivity contribution is -0.136. The van der Waals surface area contributed by atoms with Crippen molar-refractivity contribution in [2.75, 3.05) is 34.4 Å². The Morgan fingerprint density at radius 3 is 2.15 bits per heavy atom. The normalized spacial score (nSPS) is 14.6. The smallest absolute Gasteiger partial charge is 0.264 e. The number of imide groups is 2. The Balaban J connectivity index is 0.817. The van der Waals surface area contributed by atoms with Crippen molar-refractivity contribution in [3.63, 3.8) is 0 Å². The van der Waals surface area contributed by atoms with Gasteiger partial charge in [0.1, 0.15) is 6.04 Å². The number of anilines is 6. The molecule has 306 valence electrons. The van der Waals surface area contributed by atoms with Crippen LogP contribution in [0.1, 0.15) is 80.0 Å². The van der Waals surface area contributed by atoms with Gasteiger partial charge in [0.05, 0.1) is 28.0 Å². The van der Waals surface area contributed by atoms with Crippen LogP contribution < -0.4 is 31.9 Å². The van der Waals surface area contributed by atoms with E-state index in [0.717, 1.165) is 36.8 Å². The highest BCUT2D eigenvalue weighted by Gasteiger charge is 2.45. The number of unbranched alkanes of at least 4 members (excludes halogenated alkanes) is 3. The number of benzene rings is 4. The van der Waals surface area contributed by atoms with Gasteiger partial charge in [0, 0.05) is 47.7 Å². The van der Waals surface area contributed by atoms with Gasteiger partial charge in [-0.25, -0.2) is 9.37 Å². The molecule has 0 spiro atoms. The molecule has 7 rings (SSSR count). The SMILES string of the molecule is O=C1CCC(N2C(=O)c3cccc(NCCCCCCNC(=O)c4ccc(Nc5ncc(F)c(Nc6ccc(C(=O)Nc7ccccc7Cl)cc6)n5)cc4)c3C2=O)C(=O)N1. The third-order valence-electron chi connectivity index (χ3n) is 9.85. The molecule has 1 saturated heterocycles. The van der Waals surface area contributed by atoms with Gasteiger partial charge in [0.25, 0.3) is 23.6 Å². The lowest BCUT2D eigenvalue weighted by Crippen LogP contribution is -2.54. The number of hydrogen-bond donors (Lipinski definition) is 6. The minimum absolute atomic E-state index is 0.0537. The van der Waals surface area contributed by atoms with Crippen LogP contribution in [0.25, 0.3) is 0 Å². The summed E-state index contributed by atoms with van der Waals surface area (Å²) in [5.74, 6) is -3.41. The first-order chi connectivity index (χ1) is 29.0. The molecule has 0 saturated carbocycles. The van der Waals surface area contributed by atoms with Gasteiger partial charge in [-0.2, -0.15) is 4.98 Å². The summed E-state index contributed by atoms with van der Waals surface area (Å²) in [4.78, 5) is 84.9. The summed E-state index contributed by atoms with van der Waals surface area (Å²) >= 11 is 6.13. The third-order valence-corrected chi connectivity index (χ3v) is 10.2. The Bertz CT molecular complexity index is 2470. The molecular formula is C43H39ClFN9O6. The summed E-state index contributed by atoms with van der Waals surface area (Å²) < 4.78 is 14.7. The number of carbonyl (C=O) groups excluding carboxylic acids is 6. The highest BCUT2D eigenvalue weighted by atomic mass is 35.5. The molecule has 2 aliphatic rings. The Labute approximate surface area is 348 Å². The third kappa shape index (κ3) is 9.56. The van der Waals surface area contributed by atoms with Crippen LogP contribution in [0.3, 0.4) is 0 Å². The Morgan fingerprint density at radius 2 is 1.43 bits per heavy atom. The first-order valence-electron chi connectivity index (χ1n) is 19.2. The van der Waals surface area contributed by atoms with Gasteiger partial charge in [-0.1, -0.05) is 42.6 Å². The van der Waals surface area contributed by atoms with Crippen LogP contribution in [0, 0.1) is 5.82 Å². The number of halogens is 2. The maximum atomic E-state index is 14.7. The zero-order valence-electron chi connectivity index (χ0n) is 32.0. The van der Waals surface area contributed by atoms with Crippen molar-refractivity contribution in [2.45, 2.75) is 44.6 Å². The Kier molecular flexibility index (Phi) is 12.7. The molecule has 4 aromatic carbocycles. The number of nitrogens with one attached hydrogen (secondary N) is 6. The van der Waals surface area contributed by atoms with Crippen molar-refractivity contribution >= 4 is 81.6 Å². The minimum atomic E-state index is -1.02. The summed E-state index contributed by atoms with van der Waals surface area (Å²) in [5.41, 5.74) is 3.35. The van der Waals surface area contributed by atoms with Crippen molar-refractivity contribution in [1.82, 2.24) is 25.5 Å².